The molecule has 0 aromatic carbocycles. The molecular weight excluding hydrogens is 224 g/mol. The molecule has 0 aromatic rings. The van der Waals surface area contributed by atoms with Crippen LogP contribution >= 0.6 is 0 Å². The normalized spacial score (nSPS) is 20.1. The quantitative estimate of drug-likeness (QED) is 0.756. The van der Waals surface area contributed by atoms with Gasteiger partial charge in [-0.1, -0.05) is 0 Å². The highest BCUT2D eigenvalue weighted by Crippen LogP contribution is 2.14. The van der Waals surface area contributed by atoms with E-state index in [1.165, 1.54) is 0 Å². The van der Waals surface area contributed by atoms with Crippen LogP contribution in [0, 0.1) is 5.41 Å². The van der Waals surface area contributed by atoms with Crippen LogP contribution in [-0.2, 0) is 9.53 Å². The van der Waals surface area contributed by atoms with Gasteiger partial charge in [0.05, 0.1) is 18.1 Å². The Kier molecular flexibility index (Phi) is 4.34. The van der Waals surface area contributed by atoms with Gasteiger partial charge in [-0.3, -0.25) is 4.79 Å². The van der Waals surface area contributed by atoms with E-state index in [-0.39, 0.29) is 18.6 Å². The van der Waals surface area contributed by atoms with Crippen molar-refractivity contribution in [2.75, 3.05) is 26.8 Å². The lowest BCUT2D eigenvalue weighted by Gasteiger charge is -2.26. The van der Waals surface area contributed by atoms with Gasteiger partial charge in [0.15, 0.2) is 0 Å². The van der Waals surface area contributed by atoms with E-state index >= 15 is 0 Å². The van der Waals surface area contributed by atoms with Gasteiger partial charge >= 0.3 is 12.0 Å². The van der Waals surface area contributed by atoms with E-state index in [1.807, 2.05) is 0 Å². The van der Waals surface area contributed by atoms with Crippen molar-refractivity contribution >= 4 is 12.0 Å². The molecule has 1 unspecified atom stereocenters. The number of rotatable bonds is 4. The van der Waals surface area contributed by atoms with E-state index in [4.69, 9.17) is 9.84 Å². The molecule has 17 heavy (non-hydrogen) atoms. The van der Waals surface area contributed by atoms with E-state index in [1.54, 1.807) is 25.8 Å². The summed E-state index contributed by atoms with van der Waals surface area (Å²) in [6.07, 6.45) is 0.826. The number of carboxylic acids is 1. The van der Waals surface area contributed by atoms with Crippen LogP contribution in [0.4, 0.5) is 4.79 Å². The maximum absolute atomic E-state index is 11.8. The van der Waals surface area contributed by atoms with Crippen LogP contribution < -0.4 is 5.32 Å². The van der Waals surface area contributed by atoms with Crippen LogP contribution in [0.15, 0.2) is 0 Å². The van der Waals surface area contributed by atoms with Crippen molar-refractivity contribution in [2.45, 2.75) is 26.3 Å². The number of nitrogens with zero attached hydrogens (tertiary/aromatic N) is 1. The van der Waals surface area contributed by atoms with E-state index in [0.717, 1.165) is 6.42 Å². The number of likely N-dealkylation sites (N-methyl/N-ethyl adjacent to an activating group) is 1. The van der Waals surface area contributed by atoms with Crippen LogP contribution in [-0.4, -0.2) is 54.9 Å². The van der Waals surface area contributed by atoms with Crippen molar-refractivity contribution in [3.05, 3.63) is 0 Å². The molecule has 2 N–H and O–H groups in total. The zero-order valence-corrected chi connectivity index (χ0v) is 10.5. The summed E-state index contributed by atoms with van der Waals surface area (Å²) in [6.45, 7) is 4.48. The van der Waals surface area contributed by atoms with Gasteiger partial charge in [0, 0.05) is 20.2 Å². The van der Waals surface area contributed by atoms with Crippen molar-refractivity contribution in [1.29, 1.82) is 0 Å². The standard InChI is InChI=1S/C11H20N2O4/c1-11(2,9(14)15)7-12-10(16)13(3)8-4-5-17-6-8/h8H,4-7H2,1-3H3,(H,12,16)(H,14,15). The van der Waals surface area contributed by atoms with Gasteiger partial charge in [-0.25, -0.2) is 4.79 Å². The topological polar surface area (TPSA) is 78.9 Å². The third-order valence-electron chi connectivity index (χ3n) is 3.03. The van der Waals surface area contributed by atoms with Crippen molar-refractivity contribution in [2.24, 2.45) is 5.41 Å². The van der Waals surface area contributed by atoms with Crippen LogP contribution in [0.25, 0.3) is 0 Å². The monoisotopic (exact) mass is 244 g/mol. The number of hydrogen-bond acceptors (Lipinski definition) is 3. The lowest BCUT2D eigenvalue weighted by Crippen LogP contribution is -2.47. The third-order valence-corrected chi connectivity index (χ3v) is 3.03. The summed E-state index contributed by atoms with van der Waals surface area (Å²) < 4.78 is 5.20. The molecule has 0 aliphatic carbocycles. The molecule has 6 heteroatoms. The summed E-state index contributed by atoms with van der Waals surface area (Å²) in [5.41, 5.74) is -0.956. The smallest absolute Gasteiger partial charge is 0.317 e. The maximum Gasteiger partial charge on any atom is 0.317 e. The first-order valence-corrected chi connectivity index (χ1v) is 5.66. The van der Waals surface area contributed by atoms with Crippen molar-refractivity contribution in [3.8, 4) is 0 Å². The molecule has 0 saturated carbocycles. The molecule has 1 heterocycles. The largest absolute Gasteiger partial charge is 0.481 e. The van der Waals surface area contributed by atoms with Gasteiger partial charge in [-0.2, -0.15) is 0 Å². The first-order valence-electron chi connectivity index (χ1n) is 5.66. The Morgan fingerprint density at radius 1 is 1.53 bits per heavy atom. The van der Waals surface area contributed by atoms with Crippen LogP contribution in [0.1, 0.15) is 20.3 Å². The summed E-state index contributed by atoms with van der Waals surface area (Å²) in [7, 11) is 1.70. The minimum absolute atomic E-state index is 0.0861. The number of carboxylic acid groups (broad SMARTS) is 1. The van der Waals surface area contributed by atoms with Crippen LogP contribution in [0.2, 0.25) is 0 Å². The molecule has 1 rings (SSSR count). The van der Waals surface area contributed by atoms with E-state index in [0.29, 0.717) is 13.2 Å². The highest BCUT2D eigenvalue weighted by Gasteiger charge is 2.29. The number of carbonyl (C=O) groups excluding carboxylic acids is 1. The molecule has 0 spiro atoms. The fraction of sp³-hybridized carbons (Fsp3) is 0.818. The average molecular weight is 244 g/mol. The van der Waals surface area contributed by atoms with Gasteiger partial charge in [0.1, 0.15) is 0 Å². The summed E-state index contributed by atoms with van der Waals surface area (Å²) in [5, 5.41) is 11.6. The summed E-state index contributed by atoms with van der Waals surface area (Å²) in [5.74, 6) is -0.926. The van der Waals surface area contributed by atoms with E-state index in [2.05, 4.69) is 5.32 Å². The molecule has 0 aromatic heterocycles. The molecule has 2 amide bonds. The first-order chi connectivity index (χ1) is 7.84. The second kappa shape index (κ2) is 5.35. The number of nitrogens with one attached hydrogen (secondary N) is 1. The predicted octanol–water partition coefficient (Wildman–Crippen LogP) is 0.528. The third kappa shape index (κ3) is 3.59. The highest BCUT2D eigenvalue weighted by atomic mass is 16.5. The fourth-order valence-corrected chi connectivity index (χ4v) is 1.49. The number of urea groups is 1. The molecule has 0 bridgehead atoms. The van der Waals surface area contributed by atoms with Crippen LogP contribution in [0.5, 0.6) is 0 Å². The molecular formula is C11H20N2O4. The zero-order valence-electron chi connectivity index (χ0n) is 10.5. The van der Waals surface area contributed by atoms with Gasteiger partial charge in [-0.05, 0) is 20.3 Å². The minimum atomic E-state index is -0.956. The number of carbonyl (C=O) groups is 2. The van der Waals surface area contributed by atoms with Gasteiger partial charge in [0.2, 0.25) is 0 Å². The van der Waals surface area contributed by atoms with Crippen molar-refractivity contribution in [3.63, 3.8) is 0 Å². The first kappa shape index (κ1) is 13.8. The zero-order chi connectivity index (χ0) is 13.1. The van der Waals surface area contributed by atoms with Gasteiger partial charge in [-0.15, -0.1) is 0 Å². The summed E-state index contributed by atoms with van der Waals surface area (Å²) in [6, 6.07) is -0.169. The Morgan fingerprint density at radius 3 is 2.65 bits per heavy atom. The number of amides is 2. The number of hydrogen-bond donors (Lipinski definition) is 2. The molecule has 1 atom stereocenters. The molecule has 0 radical (unpaired) electrons. The molecule has 98 valence electrons. The SMILES string of the molecule is CN(C(=O)NCC(C)(C)C(=O)O)C1CCOC1. The lowest BCUT2D eigenvalue weighted by molar-refractivity contribution is -0.146. The van der Waals surface area contributed by atoms with E-state index in [9.17, 15) is 9.59 Å². The molecule has 6 nitrogen and oxygen atoms in total. The van der Waals surface area contributed by atoms with Gasteiger partial charge < -0.3 is 20.1 Å². The molecule has 1 fully saturated rings. The Morgan fingerprint density at radius 2 is 2.18 bits per heavy atom. The minimum Gasteiger partial charge on any atom is -0.481 e. The Balaban J connectivity index is 2.41. The fourth-order valence-electron chi connectivity index (χ4n) is 1.49. The maximum atomic E-state index is 11.8. The van der Waals surface area contributed by atoms with Gasteiger partial charge in [0.25, 0.3) is 0 Å². The van der Waals surface area contributed by atoms with Crippen LogP contribution in [0.3, 0.4) is 0 Å². The lowest BCUT2D eigenvalue weighted by atomic mass is 9.94. The number of ether oxygens (including phenoxy) is 1. The molecule has 1 aliphatic heterocycles. The highest BCUT2D eigenvalue weighted by molar-refractivity contribution is 5.77. The Bertz CT molecular complexity index is 298. The Hall–Kier alpha value is -1.30. The van der Waals surface area contributed by atoms with Crippen molar-refractivity contribution < 1.29 is 19.4 Å². The molecule has 1 saturated heterocycles. The predicted molar refractivity (Wildman–Crippen MR) is 61.8 cm³/mol. The summed E-state index contributed by atoms with van der Waals surface area (Å²) >= 11 is 0. The Labute approximate surface area is 101 Å². The number of aliphatic carboxylic acids is 1. The molecule has 1 aliphatic rings. The van der Waals surface area contributed by atoms with E-state index < -0.39 is 11.4 Å². The second-order valence-corrected chi connectivity index (χ2v) is 4.98. The second-order valence-electron chi connectivity index (χ2n) is 4.98. The van der Waals surface area contributed by atoms with Crippen molar-refractivity contribution in [1.82, 2.24) is 10.2 Å². The summed E-state index contributed by atoms with van der Waals surface area (Å²) in [4.78, 5) is 24.2. The average Bonchev–Trinajstić information content (AvgIpc) is 2.78.